The first-order valence-corrected chi connectivity index (χ1v) is 4.09. The maximum absolute atomic E-state index is 10.8. The number of hydrogen-bond acceptors (Lipinski definition) is 3. The largest absolute Gasteiger partial charge is 0.300 e. The summed E-state index contributed by atoms with van der Waals surface area (Å²) in [6.45, 7) is 4.88. The first-order valence-electron chi connectivity index (χ1n) is 4.09. The zero-order valence-electron chi connectivity index (χ0n) is 7.74. The van der Waals surface area contributed by atoms with Crippen LogP contribution in [0.4, 0.5) is 0 Å². The first-order chi connectivity index (χ1) is 5.45. The Balaban J connectivity index is 3.68. The SMILES string of the molecule is CC(=O)C(C)CCC(C)[N+](=O)[O-]. The van der Waals surface area contributed by atoms with Crippen molar-refractivity contribution in [1.29, 1.82) is 0 Å². The third-order valence-electron chi connectivity index (χ3n) is 2.07. The summed E-state index contributed by atoms with van der Waals surface area (Å²) in [4.78, 5) is 20.6. The molecular formula is C8H15NO3. The van der Waals surface area contributed by atoms with Gasteiger partial charge in [0.05, 0.1) is 0 Å². The van der Waals surface area contributed by atoms with Crippen LogP contribution >= 0.6 is 0 Å². The molecule has 0 amide bonds. The minimum atomic E-state index is -0.535. The summed E-state index contributed by atoms with van der Waals surface area (Å²) >= 11 is 0. The van der Waals surface area contributed by atoms with E-state index in [1.165, 1.54) is 6.92 Å². The fraction of sp³-hybridized carbons (Fsp3) is 0.875. The van der Waals surface area contributed by atoms with Crippen LogP contribution in [0.15, 0.2) is 0 Å². The molecule has 0 aromatic rings. The lowest BCUT2D eigenvalue weighted by Crippen LogP contribution is -2.17. The van der Waals surface area contributed by atoms with Gasteiger partial charge in [-0.3, -0.25) is 14.9 Å². The Morgan fingerprint density at radius 2 is 1.92 bits per heavy atom. The van der Waals surface area contributed by atoms with Crippen LogP contribution in [0.2, 0.25) is 0 Å². The Bertz CT molecular complexity index is 159. The van der Waals surface area contributed by atoms with E-state index in [9.17, 15) is 14.9 Å². The highest BCUT2D eigenvalue weighted by molar-refractivity contribution is 5.77. The second-order valence-corrected chi connectivity index (χ2v) is 3.22. The zero-order chi connectivity index (χ0) is 9.72. The molecule has 0 spiro atoms. The van der Waals surface area contributed by atoms with Gasteiger partial charge in [-0.25, -0.2) is 0 Å². The number of rotatable bonds is 5. The lowest BCUT2D eigenvalue weighted by molar-refractivity contribution is -0.519. The number of Topliss-reactive ketones (excluding diaryl/α,β-unsaturated/α-hetero) is 1. The monoisotopic (exact) mass is 173 g/mol. The predicted octanol–water partition coefficient (Wildman–Crippen LogP) is 1.66. The third kappa shape index (κ3) is 4.05. The van der Waals surface area contributed by atoms with Gasteiger partial charge in [0.1, 0.15) is 5.78 Å². The van der Waals surface area contributed by atoms with Crippen LogP contribution in [0.25, 0.3) is 0 Å². The number of nitrogens with zero attached hydrogens (tertiary/aromatic N) is 1. The van der Waals surface area contributed by atoms with Gasteiger partial charge in [0.25, 0.3) is 0 Å². The highest BCUT2D eigenvalue weighted by Crippen LogP contribution is 2.10. The zero-order valence-corrected chi connectivity index (χ0v) is 7.74. The van der Waals surface area contributed by atoms with E-state index in [2.05, 4.69) is 0 Å². The molecular weight excluding hydrogens is 158 g/mol. The van der Waals surface area contributed by atoms with Crippen molar-refractivity contribution in [3.8, 4) is 0 Å². The topological polar surface area (TPSA) is 60.2 Å². The average Bonchev–Trinajstić information content (AvgIpc) is 1.98. The van der Waals surface area contributed by atoms with Gasteiger partial charge in [-0.2, -0.15) is 0 Å². The van der Waals surface area contributed by atoms with E-state index in [-0.39, 0.29) is 16.6 Å². The second kappa shape index (κ2) is 4.85. The summed E-state index contributed by atoms with van der Waals surface area (Å²) in [7, 11) is 0. The van der Waals surface area contributed by atoms with Crippen LogP contribution in [0, 0.1) is 16.0 Å². The molecule has 0 bridgehead atoms. The van der Waals surface area contributed by atoms with Crippen molar-refractivity contribution in [3.63, 3.8) is 0 Å². The van der Waals surface area contributed by atoms with Gasteiger partial charge < -0.3 is 0 Å². The molecule has 2 atom stereocenters. The number of carbonyl (C=O) groups excluding carboxylic acids is 1. The fourth-order valence-corrected chi connectivity index (χ4v) is 0.800. The average molecular weight is 173 g/mol. The maximum atomic E-state index is 10.8. The van der Waals surface area contributed by atoms with Gasteiger partial charge in [-0.05, 0) is 13.3 Å². The van der Waals surface area contributed by atoms with Crippen molar-refractivity contribution in [2.24, 2.45) is 5.92 Å². The molecule has 0 aliphatic rings. The van der Waals surface area contributed by atoms with Crippen molar-refractivity contribution in [2.45, 2.75) is 39.7 Å². The van der Waals surface area contributed by atoms with E-state index >= 15 is 0 Å². The molecule has 0 saturated heterocycles. The Labute approximate surface area is 72.1 Å². The van der Waals surface area contributed by atoms with E-state index < -0.39 is 6.04 Å². The minimum Gasteiger partial charge on any atom is -0.300 e. The number of hydrogen-bond donors (Lipinski definition) is 0. The normalized spacial score (nSPS) is 15.2. The lowest BCUT2D eigenvalue weighted by Gasteiger charge is -2.07. The van der Waals surface area contributed by atoms with Crippen molar-refractivity contribution in [3.05, 3.63) is 10.1 Å². The van der Waals surface area contributed by atoms with Gasteiger partial charge in [-0.1, -0.05) is 6.92 Å². The molecule has 0 heterocycles. The second-order valence-electron chi connectivity index (χ2n) is 3.22. The van der Waals surface area contributed by atoms with Crippen molar-refractivity contribution < 1.29 is 9.72 Å². The summed E-state index contributed by atoms with van der Waals surface area (Å²) in [5.41, 5.74) is 0. The minimum absolute atomic E-state index is 0.0487. The smallest absolute Gasteiger partial charge is 0.210 e. The molecule has 0 aromatic heterocycles. The van der Waals surface area contributed by atoms with E-state index in [1.807, 2.05) is 0 Å². The van der Waals surface area contributed by atoms with Crippen molar-refractivity contribution in [2.75, 3.05) is 0 Å². The molecule has 4 heteroatoms. The first kappa shape index (κ1) is 11.1. The molecule has 0 fully saturated rings. The van der Waals surface area contributed by atoms with E-state index in [0.717, 1.165) is 0 Å². The highest BCUT2D eigenvalue weighted by atomic mass is 16.6. The summed E-state index contributed by atoms with van der Waals surface area (Å²) in [5, 5.41) is 10.2. The molecule has 12 heavy (non-hydrogen) atoms. The number of carbonyl (C=O) groups is 1. The molecule has 0 saturated carbocycles. The van der Waals surface area contributed by atoms with Crippen molar-refractivity contribution >= 4 is 5.78 Å². The summed E-state index contributed by atoms with van der Waals surface area (Å²) in [5.74, 6) is 0.0537. The van der Waals surface area contributed by atoms with Crippen LogP contribution in [0.1, 0.15) is 33.6 Å². The Morgan fingerprint density at radius 1 is 1.42 bits per heavy atom. The molecule has 0 aromatic carbocycles. The third-order valence-corrected chi connectivity index (χ3v) is 2.07. The van der Waals surface area contributed by atoms with E-state index in [0.29, 0.717) is 12.8 Å². The Kier molecular flexibility index (Phi) is 4.47. The maximum Gasteiger partial charge on any atom is 0.210 e. The molecule has 0 rings (SSSR count). The Morgan fingerprint density at radius 3 is 2.25 bits per heavy atom. The molecule has 70 valence electrons. The lowest BCUT2D eigenvalue weighted by atomic mass is 9.99. The van der Waals surface area contributed by atoms with Crippen LogP contribution < -0.4 is 0 Å². The number of ketones is 1. The molecule has 2 unspecified atom stereocenters. The summed E-state index contributed by atoms with van der Waals surface area (Å²) in [6.07, 6.45) is 1.09. The van der Waals surface area contributed by atoms with Gasteiger partial charge in [0.2, 0.25) is 6.04 Å². The van der Waals surface area contributed by atoms with Crippen LogP contribution in [0.3, 0.4) is 0 Å². The summed E-state index contributed by atoms with van der Waals surface area (Å²) < 4.78 is 0. The van der Waals surface area contributed by atoms with Crippen LogP contribution in [0.5, 0.6) is 0 Å². The quantitative estimate of drug-likeness (QED) is 0.469. The fourth-order valence-electron chi connectivity index (χ4n) is 0.800. The molecule has 0 N–H and O–H groups in total. The Hall–Kier alpha value is -0.930. The van der Waals surface area contributed by atoms with Gasteiger partial charge in [0.15, 0.2) is 0 Å². The van der Waals surface area contributed by atoms with Crippen molar-refractivity contribution in [1.82, 2.24) is 0 Å². The summed E-state index contributed by atoms with van der Waals surface area (Å²) in [6, 6.07) is -0.535. The predicted molar refractivity (Wildman–Crippen MR) is 45.5 cm³/mol. The number of nitro groups is 1. The molecule has 0 aliphatic heterocycles. The molecule has 0 aliphatic carbocycles. The van der Waals surface area contributed by atoms with E-state index in [1.54, 1.807) is 13.8 Å². The van der Waals surface area contributed by atoms with Crippen LogP contribution in [-0.4, -0.2) is 16.7 Å². The highest BCUT2D eigenvalue weighted by Gasteiger charge is 2.15. The van der Waals surface area contributed by atoms with Gasteiger partial charge >= 0.3 is 0 Å². The van der Waals surface area contributed by atoms with Gasteiger partial charge in [0, 0.05) is 24.2 Å². The van der Waals surface area contributed by atoms with Gasteiger partial charge in [-0.15, -0.1) is 0 Å². The van der Waals surface area contributed by atoms with E-state index in [4.69, 9.17) is 0 Å². The molecule has 0 radical (unpaired) electrons. The van der Waals surface area contributed by atoms with Crippen LogP contribution in [-0.2, 0) is 4.79 Å². The molecule has 4 nitrogen and oxygen atoms in total. The standard InChI is InChI=1S/C8H15NO3/c1-6(8(3)10)4-5-7(2)9(11)12/h6-7H,4-5H2,1-3H3.